The summed E-state index contributed by atoms with van der Waals surface area (Å²) in [7, 11) is -3.52. The highest BCUT2D eigenvalue weighted by molar-refractivity contribution is 7.90. The summed E-state index contributed by atoms with van der Waals surface area (Å²) in [5, 5.41) is 0. The fraction of sp³-hybridized carbons (Fsp3) is 0.500. The summed E-state index contributed by atoms with van der Waals surface area (Å²) in [4.78, 5) is -0.227. The van der Waals surface area contributed by atoms with Gasteiger partial charge in [0.2, 0.25) is 0 Å². The number of rotatable bonds is 3. The fourth-order valence-corrected chi connectivity index (χ4v) is 3.09. The minimum Gasteiger partial charge on any atom is -0.330 e. The average Bonchev–Trinajstić information content (AvgIpc) is 2.17. The van der Waals surface area contributed by atoms with Gasteiger partial charge in [0.1, 0.15) is 10.7 Å². The van der Waals surface area contributed by atoms with Crippen molar-refractivity contribution in [2.45, 2.75) is 29.6 Å². The summed E-state index contributed by atoms with van der Waals surface area (Å²) >= 11 is 0. The highest BCUT2D eigenvalue weighted by Gasteiger charge is 2.38. The fourth-order valence-electron chi connectivity index (χ4n) is 2.33. The molecule has 2 rings (SSSR count). The van der Waals surface area contributed by atoms with Crippen molar-refractivity contribution in [1.82, 2.24) is 0 Å². The topological polar surface area (TPSA) is 60.2 Å². The molecule has 5 heteroatoms. The van der Waals surface area contributed by atoms with Crippen molar-refractivity contribution in [3.05, 3.63) is 29.6 Å². The lowest BCUT2D eigenvalue weighted by molar-refractivity contribution is 0.252. The van der Waals surface area contributed by atoms with Gasteiger partial charge in [0.15, 0.2) is 9.84 Å². The first-order valence-corrected chi connectivity index (χ1v) is 7.48. The van der Waals surface area contributed by atoms with Crippen molar-refractivity contribution in [2.24, 2.45) is 5.73 Å². The first-order chi connectivity index (χ1) is 7.89. The summed E-state index contributed by atoms with van der Waals surface area (Å²) in [5.74, 6) is -0.692. The average molecular weight is 257 g/mol. The van der Waals surface area contributed by atoms with Gasteiger partial charge in [-0.2, -0.15) is 0 Å². The third kappa shape index (κ3) is 2.09. The van der Waals surface area contributed by atoms with E-state index in [-0.39, 0.29) is 10.3 Å². The van der Waals surface area contributed by atoms with Gasteiger partial charge in [0.05, 0.1) is 0 Å². The zero-order chi connectivity index (χ0) is 12.7. The van der Waals surface area contributed by atoms with E-state index in [9.17, 15) is 12.8 Å². The molecule has 17 heavy (non-hydrogen) atoms. The predicted molar refractivity (Wildman–Crippen MR) is 64.1 cm³/mol. The first-order valence-electron chi connectivity index (χ1n) is 5.59. The number of halogens is 1. The second kappa shape index (κ2) is 4.07. The van der Waals surface area contributed by atoms with E-state index in [1.165, 1.54) is 12.1 Å². The predicted octanol–water partition coefficient (Wildman–Crippen LogP) is 1.61. The third-order valence-electron chi connectivity index (χ3n) is 3.64. The monoisotopic (exact) mass is 257 g/mol. The zero-order valence-corrected chi connectivity index (χ0v) is 10.6. The maximum absolute atomic E-state index is 13.5. The maximum atomic E-state index is 13.5. The van der Waals surface area contributed by atoms with E-state index in [0.29, 0.717) is 6.54 Å². The molecule has 1 aromatic carbocycles. The van der Waals surface area contributed by atoms with Crippen molar-refractivity contribution in [3.8, 4) is 0 Å². The lowest BCUT2D eigenvalue weighted by atomic mass is 9.64. The largest absolute Gasteiger partial charge is 0.330 e. The molecule has 0 saturated heterocycles. The Balaban J connectivity index is 2.52. The smallest absolute Gasteiger partial charge is 0.178 e. The molecule has 1 aliphatic carbocycles. The standard InChI is InChI=1S/C12H16FNO2S/c1-17(15,16)11-7-9(3-4-10(11)13)12(8-14)5-2-6-12/h3-4,7H,2,5-6,8,14H2,1H3. The van der Waals surface area contributed by atoms with Gasteiger partial charge < -0.3 is 5.73 Å². The number of sulfone groups is 1. The molecule has 1 saturated carbocycles. The molecule has 0 bridgehead atoms. The van der Waals surface area contributed by atoms with Crippen molar-refractivity contribution >= 4 is 9.84 Å². The van der Waals surface area contributed by atoms with Crippen LogP contribution in [0.5, 0.6) is 0 Å². The number of hydrogen-bond acceptors (Lipinski definition) is 3. The quantitative estimate of drug-likeness (QED) is 0.895. The van der Waals surface area contributed by atoms with Crippen LogP contribution in [-0.4, -0.2) is 21.2 Å². The Bertz CT molecular complexity index is 530. The number of benzene rings is 1. The molecule has 1 fully saturated rings. The van der Waals surface area contributed by atoms with Gasteiger partial charge in [-0.1, -0.05) is 12.5 Å². The minimum absolute atomic E-state index is 0.146. The van der Waals surface area contributed by atoms with Gasteiger partial charge in [-0.15, -0.1) is 0 Å². The second-order valence-corrected chi connectivity index (χ2v) is 6.74. The lowest BCUT2D eigenvalue weighted by Crippen LogP contribution is -2.41. The Hall–Kier alpha value is -0.940. The van der Waals surface area contributed by atoms with Gasteiger partial charge in [0, 0.05) is 18.2 Å². The van der Waals surface area contributed by atoms with Crippen LogP contribution in [0, 0.1) is 5.82 Å². The molecule has 0 aliphatic heterocycles. The van der Waals surface area contributed by atoms with Crippen LogP contribution in [0.25, 0.3) is 0 Å². The van der Waals surface area contributed by atoms with Gasteiger partial charge >= 0.3 is 0 Å². The summed E-state index contributed by atoms with van der Waals surface area (Å²) in [5.41, 5.74) is 6.45. The Morgan fingerprint density at radius 3 is 2.47 bits per heavy atom. The lowest BCUT2D eigenvalue weighted by Gasteiger charge is -2.41. The molecular weight excluding hydrogens is 241 g/mol. The van der Waals surface area contributed by atoms with Gasteiger partial charge in [-0.05, 0) is 30.5 Å². The summed E-state index contributed by atoms with van der Waals surface area (Å²) in [6, 6.07) is 4.31. The van der Waals surface area contributed by atoms with Crippen LogP contribution >= 0.6 is 0 Å². The normalized spacial score (nSPS) is 18.8. The Kier molecular flexibility index (Phi) is 2.99. The zero-order valence-electron chi connectivity index (χ0n) is 9.74. The van der Waals surface area contributed by atoms with Gasteiger partial charge in [0.25, 0.3) is 0 Å². The molecule has 0 radical (unpaired) electrons. The third-order valence-corrected chi connectivity index (χ3v) is 4.76. The first kappa shape index (κ1) is 12.5. The van der Waals surface area contributed by atoms with Crippen LogP contribution < -0.4 is 5.73 Å². The molecular formula is C12H16FNO2S. The maximum Gasteiger partial charge on any atom is 0.178 e. The number of hydrogen-bond donors (Lipinski definition) is 1. The van der Waals surface area contributed by atoms with E-state index < -0.39 is 15.7 Å². The van der Waals surface area contributed by atoms with E-state index >= 15 is 0 Å². The van der Waals surface area contributed by atoms with Crippen LogP contribution in [0.3, 0.4) is 0 Å². The Morgan fingerprint density at radius 1 is 1.41 bits per heavy atom. The molecule has 1 aliphatic rings. The number of nitrogens with two attached hydrogens (primary N) is 1. The molecule has 0 amide bonds. The molecule has 0 heterocycles. The van der Waals surface area contributed by atoms with Crippen LogP contribution in [0.2, 0.25) is 0 Å². The van der Waals surface area contributed by atoms with Crippen molar-refractivity contribution < 1.29 is 12.8 Å². The summed E-state index contributed by atoms with van der Waals surface area (Å²) in [6.45, 7) is 0.474. The van der Waals surface area contributed by atoms with Gasteiger partial charge in [-0.25, -0.2) is 12.8 Å². The van der Waals surface area contributed by atoms with Crippen molar-refractivity contribution in [1.29, 1.82) is 0 Å². The van der Waals surface area contributed by atoms with Crippen LogP contribution in [0.15, 0.2) is 23.1 Å². The van der Waals surface area contributed by atoms with E-state index in [2.05, 4.69) is 0 Å². The van der Waals surface area contributed by atoms with E-state index in [0.717, 1.165) is 31.1 Å². The summed E-state index contributed by atoms with van der Waals surface area (Å²) in [6.07, 6.45) is 3.99. The molecule has 0 aromatic heterocycles. The van der Waals surface area contributed by atoms with E-state index in [1.54, 1.807) is 6.07 Å². The summed E-state index contributed by atoms with van der Waals surface area (Å²) < 4.78 is 36.4. The van der Waals surface area contributed by atoms with Crippen molar-refractivity contribution in [2.75, 3.05) is 12.8 Å². The molecule has 0 spiro atoms. The molecule has 2 N–H and O–H groups in total. The Morgan fingerprint density at radius 2 is 2.06 bits per heavy atom. The SMILES string of the molecule is CS(=O)(=O)c1cc(C2(CN)CCC2)ccc1F. The molecule has 94 valence electrons. The molecule has 1 aromatic rings. The van der Waals surface area contributed by atoms with E-state index in [1.807, 2.05) is 0 Å². The van der Waals surface area contributed by atoms with Crippen LogP contribution in [0.1, 0.15) is 24.8 Å². The molecule has 3 nitrogen and oxygen atoms in total. The van der Waals surface area contributed by atoms with Crippen LogP contribution in [0.4, 0.5) is 4.39 Å². The Labute approximate surface area is 101 Å². The molecule has 0 atom stereocenters. The molecule has 0 unspecified atom stereocenters. The highest BCUT2D eigenvalue weighted by Crippen LogP contribution is 2.43. The minimum atomic E-state index is -3.52. The second-order valence-electron chi connectivity index (χ2n) is 4.76. The van der Waals surface area contributed by atoms with Gasteiger partial charge in [-0.3, -0.25) is 0 Å². The van der Waals surface area contributed by atoms with Crippen molar-refractivity contribution in [3.63, 3.8) is 0 Å². The van der Waals surface area contributed by atoms with E-state index in [4.69, 9.17) is 5.73 Å². The highest BCUT2D eigenvalue weighted by atomic mass is 32.2. The van der Waals surface area contributed by atoms with Crippen LogP contribution in [-0.2, 0) is 15.3 Å².